The number of thioether (sulfide) groups is 1. The van der Waals surface area contributed by atoms with Gasteiger partial charge in [0.1, 0.15) is 0 Å². The first kappa shape index (κ1) is 14.7. The number of hydrogen-bond acceptors (Lipinski definition) is 4. The lowest BCUT2D eigenvalue weighted by Gasteiger charge is -2.47. The molecule has 0 spiro atoms. The van der Waals surface area contributed by atoms with E-state index < -0.39 is 0 Å². The average molecular weight is 295 g/mol. The Kier molecular flexibility index (Phi) is 4.61. The SMILES string of the molecule is CC(C)CC1CN=C(NC2CC3CCCC(C2)N3C)S1. The zero-order chi connectivity index (χ0) is 14.1. The first-order valence-electron chi connectivity index (χ1n) is 8.31. The van der Waals surface area contributed by atoms with Crippen LogP contribution in [0, 0.1) is 5.92 Å². The highest BCUT2D eigenvalue weighted by molar-refractivity contribution is 8.14. The van der Waals surface area contributed by atoms with Gasteiger partial charge in [-0.1, -0.05) is 32.0 Å². The number of nitrogens with one attached hydrogen (secondary N) is 1. The molecule has 2 saturated heterocycles. The Morgan fingerprint density at radius 2 is 2.00 bits per heavy atom. The predicted octanol–water partition coefficient (Wildman–Crippen LogP) is 3.11. The van der Waals surface area contributed by atoms with Gasteiger partial charge in [-0.15, -0.1) is 0 Å². The van der Waals surface area contributed by atoms with Gasteiger partial charge in [-0.2, -0.15) is 0 Å². The molecule has 3 unspecified atom stereocenters. The molecule has 0 saturated carbocycles. The molecule has 2 fully saturated rings. The molecule has 3 heterocycles. The van der Waals surface area contributed by atoms with E-state index in [0.29, 0.717) is 11.3 Å². The molecule has 4 heteroatoms. The Labute approximate surface area is 128 Å². The van der Waals surface area contributed by atoms with Crippen LogP contribution in [0.3, 0.4) is 0 Å². The topological polar surface area (TPSA) is 27.6 Å². The molecule has 114 valence electrons. The van der Waals surface area contributed by atoms with Crippen molar-refractivity contribution in [1.29, 1.82) is 0 Å². The molecule has 3 nitrogen and oxygen atoms in total. The Balaban J connectivity index is 1.50. The van der Waals surface area contributed by atoms with E-state index in [1.165, 1.54) is 43.7 Å². The van der Waals surface area contributed by atoms with Gasteiger partial charge in [-0.25, -0.2) is 0 Å². The zero-order valence-electron chi connectivity index (χ0n) is 13.1. The molecule has 0 aromatic rings. The van der Waals surface area contributed by atoms with Crippen LogP contribution in [0.1, 0.15) is 52.4 Å². The summed E-state index contributed by atoms with van der Waals surface area (Å²) in [6, 6.07) is 2.27. The van der Waals surface area contributed by atoms with Crippen LogP contribution in [0.25, 0.3) is 0 Å². The van der Waals surface area contributed by atoms with Gasteiger partial charge in [0.05, 0.1) is 6.54 Å². The summed E-state index contributed by atoms with van der Waals surface area (Å²) in [6.45, 7) is 5.64. The van der Waals surface area contributed by atoms with Crippen LogP contribution in [0.15, 0.2) is 4.99 Å². The average Bonchev–Trinajstić information content (AvgIpc) is 2.77. The second kappa shape index (κ2) is 6.27. The number of amidine groups is 1. The van der Waals surface area contributed by atoms with E-state index in [1.54, 1.807) is 0 Å². The van der Waals surface area contributed by atoms with Gasteiger partial charge in [0, 0.05) is 23.4 Å². The Hall–Kier alpha value is -0.220. The van der Waals surface area contributed by atoms with Crippen molar-refractivity contribution in [1.82, 2.24) is 10.2 Å². The highest BCUT2D eigenvalue weighted by Crippen LogP contribution is 2.33. The molecule has 0 aromatic heterocycles. The minimum Gasteiger partial charge on any atom is -0.362 e. The predicted molar refractivity (Wildman–Crippen MR) is 88.5 cm³/mol. The van der Waals surface area contributed by atoms with E-state index in [4.69, 9.17) is 4.99 Å². The monoisotopic (exact) mass is 295 g/mol. The second-order valence-corrected chi connectivity index (χ2v) is 8.52. The van der Waals surface area contributed by atoms with Gasteiger partial charge < -0.3 is 10.2 Å². The Morgan fingerprint density at radius 1 is 1.30 bits per heavy atom. The summed E-state index contributed by atoms with van der Waals surface area (Å²) in [4.78, 5) is 7.36. The maximum Gasteiger partial charge on any atom is 0.157 e. The number of rotatable bonds is 3. The number of nitrogens with zero attached hydrogens (tertiary/aromatic N) is 2. The molecular weight excluding hydrogens is 266 g/mol. The Bertz CT molecular complexity index is 355. The molecule has 0 aromatic carbocycles. The summed E-state index contributed by atoms with van der Waals surface area (Å²) in [6.07, 6.45) is 8.11. The van der Waals surface area contributed by atoms with Crippen molar-refractivity contribution in [2.75, 3.05) is 13.6 Å². The Morgan fingerprint density at radius 3 is 2.65 bits per heavy atom. The van der Waals surface area contributed by atoms with E-state index in [2.05, 4.69) is 31.1 Å². The minimum atomic E-state index is 0.658. The van der Waals surface area contributed by atoms with Crippen LogP contribution in [-0.4, -0.2) is 47.0 Å². The van der Waals surface area contributed by atoms with Crippen LogP contribution in [0.2, 0.25) is 0 Å². The molecule has 2 bridgehead atoms. The van der Waals surface area contributed by atoms with Crippen LogP contribution >= 0.6 is 11.8 Å². The molecule has 3 rings (SSSR count). The third kappa shape index (κ3) is 3.33. The molecule has 20 heavy (non-hydrogen) atoms. The van der Waals surface area contributed by atoms with E-state index in [-0.39, 0.29) is 0 Å². The third-order valence-corrected chi connectivity index (χ3v) is 6.26. The number of piperidine rings is 2. The fourth-order valence-corrected chi connectivity index (χ4v) is 5.38. The largest absolute Gasteiger partial charge is 0.362 e. The summed E-state index contributed by atoms with van der Waals surface area (Å²) in [7, 11) is 2.32. The van der Waals surface area contributed by atoms with E-state index in [1.807, 2.05) is 11.8 Å². The number of hydrogen-bond donors (Lipinski definition) is 1. The summed E-state index contributed by atoms with van der Waals surface area (Å²) >= 11 is 1.99. The van der Waals surface area contributed by atoms with Crippen LogP contribution < -0.4 is 5.32 Å². The van der Waals surface area contributed by atoms with Crippen LogP contribution in [0.4, 0.5) is 0 Å². The van der Waals surface area contributed by atoms with Gasteiger partial charge in [-0.05, 0) is 45.1 Å². The highest BCUT2D eigenvalue weighted by Gasteiger charge is 2.36. The molecule has 1 N–H and O–H groups in total. The van der Waals surface area contributed by atoms with Crippen molar-refractivity contribution in [3.63, 3.8) is 0 Å². The highest BCUT2D eigenvalue weighted by atomic mass is 32.2. The summed E-state index contributed by atoms with van der Waals surface area (Å²) in [5.41, 5.74) is 0. The van der Waals surface area contributed by atoms with Crippen LogP contribution in [-0.2, 0) is 0 Å². The van der Waals surface area contributed by atoms with Crippen molar-refractivity contribution >= 4 is 16.9 Å². The summed E-state index contributed by atoms with van der Waals surface area (Å²) in [5.74, 6) is 0.782. The quantitative estimate of drug-likeness (QED) is 0.867. The van der Waals surface area contributed by atoms with Gasteiger partial charge >= 0.3 is 0 Å². The summed E-state index contributed by atoms with van der Waals surface area (Å²) < 4.78 is 0. The van der Waals surface area contributed by atoms with E-state index in [9.17, 15) is 0 Å². The minimum absolute atomic E-state index is 0.658. The van der Waals surface area contributed by atoms with E-state index >= 15 is 0 Å². The molecule has 3 aliphatic heterocycles. The molecule has 0 amide bonds. The first-order valence-corrected chi connectivity index (χ1v) is 9.19. The fourth-order valence-electron chi connectivity index (χ4n) is 4.05. The van der Waals surface area contributed by atoms with Crippen molar-refractivity contribution in [3.05, 3.63) is 0 Å². The van der Waals surface area contributed by atoms with Gasteiger partial charge in [0.25, 0.3) is 0 Å². The second-order valence-electron chi connectivity index (χ2n) is 7.23. The van der Waals surface area contributed by atoms with Crippen molar-refractivity contribution in [2.24, 2.45) is 10.9 Å². The van der Waals surface area contributed by atoms with Crippen molar-refractivity contribution < 1.29 is 0 Å². The van der Waals surface area contributed by atoms with Gasteiger partial charge in [0.15, 0.2) is 5.17 Å². The van der Waals surface area contributed by atoms with Crippen molar-refractivity contribution in [3.8, 4) is 0 Å². The lowest BCUT2D eigenvalue weighted by atomic mass is 9.82. The fraction of sp³-hybridized carbons (Fsp3) is 0.938. The normalized spacial score (nSPS) is 38.1. The molecule has 0 radical (unpaired) electrons. The first-order chi connectivity index (χ1) is 9.61. The lowest BCUT2D eigenvalue weighted by molar-refractivity contribution is 0.0530. The number of aliphatic imine (C=N–C) groups is 1. The molecular formula is C16H29N3S. The maximum absolute atomic E-state index is 4.73. The standard InChI is InChI=1S/C16H29N3S/c1-11(2)7-15-10-17-16(20-15)18-12-8-13-5-4-6-14(9-12)19(13)3/h11-15H,4-10H2,1-3H3,(H,17,18). The van der Waals surface area contributed by atoms with Gasteiger partial charge in [-0.3, -0.25) is 4.99 Å². The third-order valence-electron chi connectivity index (χ3n) is 5.12. The molecule has 3 aliphatic rings. The van der Waals surface area contributed by atoms with Crippen LogP contribution in [0.5, 0.6) is 0 Å². The summed E-state index contributed by atoms with van der Waals surface area (Å²) in [5, 5.41) is 5.69. The van der Waals surface area contributed by atoms with Gasteiger partial charge in [0.2, 0.25) is 0 Å². The number of fused-ring (bicyclic) bond motifs is 2. The molecule has 0 aliphatic carbocycles. The molecule has 3 atom stereocenters. The van der Waals surface area contributed by atoms with Crippen molar-refractivity contribution in [2.45, 2.75) is 75.7 Å². The van der Waals surface area contributed by atoms with E-state index in [0.717, 1.165) is 24.5 Å². The maximum atomic E-state index is 4.73. The zero-order valence-corrected chi connectivity index (χ0v) is 14.0. The smallest absolute Gasteiger partial charge is 0.157 e. The lowest BCUT2D eigenvalue weighted by Crippen LogP contribution is -2.55.